The Kier molecular flexibility index (Phi) is 5.76. The Morgan fingerprint density at radius 3 is 2.88 bits per heavy atom. The Hall–Kier alpha value is -1.86. The molecule has 0 spiro atoms. The van der Waals surface area contributed by atoms with Gasteiger partial charge < -0.3 is 10.6 Å². The molecule has 17 heavy (non-hydrogen) atoms. The van der Waals surface area contributed by atoms with Gasteiger partial charge >= 0.3 is 0 Å². The minimum atomic E-state index is -0.142. The number of benzene rings is 1. The van der Waals surface area contributed by atoms with Crippen LogP contribution in [-0.2, 0) is 11.2 Å². The van der Waals surface area contributed by atoms with Crippen molar-refractivity contribution in [3.05, 3.63) is 35.4 Å². The van der Waals surface area contributed by atoms with Gasteiger partial charge in [0.2, 0.25) is 5.91 Å². The van der Waals surface area contributed by atoms with E-state index in [9.17, 15) is 4.79 Å². The first-order chi connectivity index (χ1) is 8.24. The van der Waals surface area contributed by atoms with Crippen molar-refractivity contribution in [1.29, 1.82) is 5.26 Å². The predicted molar refractivity (Wildman–Crippen MR) is 66.4 cm³/mol. The zero-order chi connectivity index (χ0) is 12.5. The van der Waals surface area contributed by atoms with E-state index in [0.29, 0.717) is 0 Å². The summed E-state index contributed by atoms with van der Waals surface area (Å²) >= 11 is 0. The van der Waals surface area contributed by atoms with Gasteiger partial charge in [-0.25, -0.2) is 0 Å². The first kappa shape index (κ1) is 13.2. The molecule has 0 heterocycles. The standard InChI is InChI=1S/C13H17N3O/c1-11-4-2-3-5-12(11)6-8-15-10-13(17)16-9-7-14/h2-5,15H,6,8-10H2,1H3,(H,16,17). The lowest BCUT2D eigenvalue weighted by Crippen LogP contribution is -2.34. The van der Waals surface area contributed by atoms with Gasteiger partial charge in [-0.3, -0.25) is 4.79 Å². The lowest BCUT2D eigenvalue weighted by atomic mass is 10.1. The third-order valence-electron chi connectivity index (χ3n) is 2.48. The maximum absolute atomic E-state index is 11.2. The molecular weight excluding hydrogens is 214 g/mol. The summed E-state index contributed by atoms with van der Waals surface area (Å²) in [5.41, 5.74) is 2.56. The fourth-order valence-electron chi connectivity index (χ4n) is 1.52. The molecule has 0 bridgehead atoms. The van der Waals surface area contributed by atoms with E-state index in [-0.39, 0.29) is 19.0 Å². The molecule has 0 radical (unpaired) electrons. The summed E-state index contributed by atoms with van der Waals surface area (Å²) in [6.45, 7) is 3.16. The van der Waals surface area contributed by atoms with Gasteiger partial charge in [0.1, 0.15) is 6.54 Å². The number of nitrogens with one attached hydrogen (secondary N) is 2. The highest BCUT2D eigenvalue weighted by Crippen LogP contribution is 2.06. The molecule has 4 nitrogen and oxygen atoms in total. The summed E-state index contributed by atoms with van der Waals surface area (Å²) in [5, 5.41) is 13.8. The van der Waals surface area contributed by atoms with Gasteiger partial charge in [0.15, 0.2) is 0 Å². The second-order valence-corrected chi connectivity index (χ2v) is 3.79. The summed E-state index contributed by atoms with van der Waals surface area (Å²) in [7, 11) is 0. The summed E-state index contributed by atoms with van der Waals surface area (Å²) in [6.07, 6.45) is 0.901. The maximum atomic E-state index is 11.2. The monoisotopic (exact) mass is 231 g/mol. The molecule has 0 fully saturated rings. The average molecular weight is 231 g/mol. The van der Waals surface area contributed by atoms with Crippen LogP contribution in [0.2, 0.25) is 0 Å². The normalized spacial score (nSPS) is 9.65. The predicted octanol–water partition coefficient (Wildman–Crippen LogP) is 0.767. The van der Waals surface area contributed by atoms with E-state index in [1.54, 1.807) is 0 Å². The Labute approximate surface area is 102 Å². The van der Waals surface area contributed by atoms with E-state index in [4.69, 9.17) is 5.26 Å². The average Bonchev–Trinajstić information content (AvgIpc) is 2.34. The van der Waals surface area contributed by atoms with Gasteiger partial charge in [-0.1, -0.05) is 24.3 Å². The van der Waals surface area contributed by atoms with Crippen LogP contribution in [0.15, 0.2) is 24.3 Å². The Morgan fingerprint density at radius 1 is 1.41 bits per heavy atom. The lowest BCUT2D eigenvalue weighted by molar-refractivity contribution is -0.120. The van der Waals surface area contributed by atoms with E-state index in [0.717, 1.165) is 13.0 Å². The van der Waals surface area contributed by atoms with Crippen molar-refractivity contribution in [1.82, 2.24) is 10.6 Å². The minimum Gasteiger partial charge on any atom is -0.342 e. The van der Waals surface area contributed by atoms with Crippen LogP contribution in [0.5, 0.6) is 0 Å². The molecule has 1 aromatic rings. The minimum absolute atomic E-state index is 0.0678. The number of aryl methyl sites for hydroxylation is 1. The van der Waals surface area contributed by atoms with Gasteiger partial charge in [0, 0.05) is 0 Å². The Morgan fingerprint density at radius 2 is 2.18 bits per heavy atom. The molecule has 0 aliphatic carbocycles. The first-order valence-corrected chi connectivity index (χ1v) is 5.63. The molecule has 2 N–H and O–H groups in total. The maximum Gasteiger partial charge on any atom is 0.234 e. The fourth-order valence-corrected chi connectivity index (χ4v) is 1.52. The van der Waals surface area contributed by atoms with Crippen molar-refractivity contribution < 1.29 is 4.79 Å². The zero-order valence-electron chi connectivity index (χ0n) is 9.99. The highest BCUT2D eigenvalue weighted by Gasteiger charge is 2.00. The third-order valence-corrected chi connectivity index (χ3v) is 2.48. The quantitative estimate of drug-likeness (QED) is 0.561. The molecule has 0 saturated carbocycles. The number of rotatable bonds is 6. The number of carbonyl (C=O) groups is 1. The fraction of sp³-hybridized carbons (Fsp3) is 0.385. The summed E-state index contributed by atoms with van der Waals surface area (Å²) < 4.78 is 0. The number of nitrogens with zero attached hydrogens (tertiary/aromatic N) is 1. The summed E-state index contributed by atoms with van der Waals surface area (Å²) in [5.74, 6) is -0.142. The molecule has 90 valence electrons. The Balaban J connectivity index is 2.19. The molecule has 0 aromatic heterocycles. The van der Waals surface area contributed by atoms with Crippen molar-refractivity contribution in [2.45, 2.75) is 13.3 Å². The third kappa shape index (κ3) is 5.14. The Bertz CT molecular complexity index is 409. The van der Waals surface area contributed by atoms with E-state index in [1.807, 2.05) is 18.2 Å². The van der Waals surface area contributed by atoms with Crippen LogP contribution in [0.1, 0.15) is 11.1 Å². The van der Waals surface area contributed by atoms with Gasteiger partial charge in [-0.15, -0.1) is 0 Å². The van der Waals surface area contributed by atoms with E-state index in [1.165, 1.54) is 11.1 Å². The van der Waals surface area contributed by atoms with Crippen LogP contribution < -0.4 is 10.6 Å². The van der Waals surface area contributed by atoms with Crippen LogP contribution in [0.3, 0.4) is 0 Å². The molecule has 1 rings (SSSR count). The number of nitriles is 1. The molecule has 0 saturated heterocycles. The van der Waals surface area contributed by atoms with Crippen LogP contribution >= 0.6 is 0 Å². The lowest BCUT2D eigenvalue weighted by Gasteiger charge is -2.06. The van der Waals surface area contributed by atoms with E-state index < -0.39 is 0 Å². The van der Waals surface area contributed by atoms with Crippen LogP contribution in [0, 0.1) is 18.3 Å². The topological polar surface area (TPSA) is 64.9 Å². The molecule has 1 aromatic carbocycles. The number of hydrogen-bond donors (Lipinski definition) is 2. The van der Waals surface area contributed by atoms with E-state index >= 15 is 0 Å². The highest BCUT2D eigenvalue weighted by molar-refractivity contribution is 5.78. The van der Waals surface area contributed by atoms with Gasteiger partial charge in [0.05, 0.1) is 12.6 Å². The second-order valence-electron chi connectivity index (χ2n) is 3.79. The zero-order valence-corrected chi connectivity index (χ0v) is 9.99. The van der Waals surface area contributed by atoms with Crippen LogP contribution in [0.25, 0.3) is 0 Å². The largest absolute Gasteiger partial charge is 0.342 e. The van der Waals surface area contributed by atoms with Crippen molar-refractivity contribution in [3.63, 3.8) is 0 Å². The van der Waals surface area contributed by atoms with Crippen LogP contribution in [-0.4, -0.2) is 25.5 Å². The summed E-state index contributed by atoms with van der Waals surface area (Å²) in [6, 6.07) is 10.1. The second kappa shape index (κ2) is 7.42. The van der Waals surface area contributed by atoms with Crippen molar-refractivity contribution in [2.75, 3.05) is 19.6 Å². The molecule has 1 amide bonds. The molecule has 4 heteroatoms. The van der Waals surface area contributed by atoms with Gasteiger partial charge in [0.25, 0.3) is 0 Å². The molecule has 0 atom stereocenters. The van der Waals surface area contributed by atoms with Crippen molar-refractivity contribution >= 4 is 5.91 Å². The molecule has 0 aliphatic rings. The number of carbonyl (C=O) groups excluding carboxylic acids is 1. The van der Waals surface area contributed by atoms with Gasteiger partial charge in [-0.05, 0) is 31.0 Å². The molecule has 0 unspecified atom stereocenters. The van der Waals surface area contributed by atoms with Crippen molar-refractivity contribution in [3.8, 4) is 6.07 Å². The van der Waals surface area contributed by atoms with E-state index in [2.05, 4.69) is 29.7 Å². The molecule has 0 aliphatic heterocycles. The smallest absolute Gasteiger partial charge is 0.234 e. The van der Waals surface area contributed by atoms with Gasteiger partial charge in [-0.2, -0.15) is 5.26 Å². The molecular formula is C13H17N3O. The number of hydrogen-bond acceptors (Lipinski definition) is 3. The van der Waals surface area contributed by atoms with Crippen LogP contribution in [0.4, 0.5) is 0 Å². The SMILES string of the molecule is Cc1ccccc1CCNCC(=O)NCC#N. The first-order valence-electron chi connectivity index (χ1n) is 5.63. The number of amides is 1. The highest BCUT2D eigenvalue weighted by atomic mass is 16.1. The van der Waals surface area contributed by atoms with Crippen molar-refractivity contribution in [2.24, 2.45) is 0 Å². The summed E-state index contributed by atoms with van der Waals surface area (Å²) in [4.78, 5) is 11.2.